The van der Waals surface area contributed by atoms with Crippen molar-refractivity contribution in [2.24, 2.45) is 0 Å². The summed E-state index contributed by atoms with van der Waals surface area (Å²) in [6.07, 6.45) is -8.46. The lowest BCUT2D eigenvalue weighted by Gasteiger charge is -2.27. The number of fused-ring (bicyclic) bond motifs is 2. The molecule has 5 heterocycles. The molecule has 0 spiro atoms. The lowest BCUT2D eigenvalue weighted by Crippen LogP contribution is -2.46. The molecule has 1 fully saturated rings. The largest absolute Gasteiger partial charge is 0.490 e. The van der Waals surface area contributed by atoms with Crippen LogP contribution in [0, 0.1) is 0 Å². The number of aliphatic carboxylic acids is 3. The van der Waals surface area contributed by atoms with Gasteiger partial charge in [-0.3, -0.25) is 14.6 Å². The van der Waals surface area contributed by atoms with Crippen LogP contribution in [-0.4, -0.2) is 114 Å². The SMILES string of the molecule is CCn1cc(CN2CC3Oc4ncccc4S(=O)(=O)N(Cc4ccccn4)C3C2)cn1.O=C(O)C(F)(F)F.O=C(O)C(F)(F)F.O=C(O)C(F)(F)F. The highest BCUT2D eigenvalue weighted by Gasteiger charge is 2.47. The third-order valence-electron chi connectivity index (χ3n) is 6.46. The van der Waals surface area contributed by atoms with E-state index in [-0.39, 0.29) is 29.5 Å². The zero-order valence-electron chi connectivity index (χ0n) is 26.2. The van der Waals surface area contributed by atoms with Gasteiger partial charge in [-0.15, -0.1) is 0 Å². The first-order valence-electron chi connectivity index (χ1n) is 14.0. The fourth-order valence-corrected chi connectivity index (χ4v) is 5.92. The molecule has 2 aliphatic heterocycles. The summed E-state index contributed by atoms with van der Waals surface area (Å²) >= 11 is 0. The number of hydrogen-bond donors (Lipinski definition) is 3. The van der Waals surface area contributed by atoms with Crippen LogP contribution in [0.2, 0.25) is 0 Å². The maximum absolute atomic E-state index is 13.6. The Hall–Kier alpha value is -5.04. The Labute approximate surface area is 286 Å². The summed E-state index contributed by atoms with van der Waals surface area (Å²) < 4.78 is 132. The van der Waals surface area contributed by atoms with Gasteiger partial charge >= 0.3 is 36.4 Å². The molecule has 0 radical (unpaired) electrons. The molecule has 3 aromatic heterocycles. The van der Waals surface area contributed by atoms with Crippen LogP contribution in [0.3, 0.4) is 0 Å². The van der Waals surface area contributed by atoms with Gasteiger partial charge in [0.15, 0.2) is 0 Å². The molecule has 5 rings (SSSR count). The standard InChI is InChI=1S/C21H24N6O3S.3C2HF3O2/c1-2-26-12-16(10-24-26)11-25-14-18-19(15-25)30-21-20(7-5-9-23-21)31(28,29)27(18)13-17-6-3-4-8-22-17;3*3-2(4,5)1(6)7/h3-10,12,18-19H,2,11,13-15H2,1H3;3*(H,6,7). The van der Waals surface area contributed by atoms with Crippen LogP contribution in [0.1, 0.15) is 18.2 Å². The number of pyridine rings is 2. The van der Waals surface area contributed by atoms with Crippen molar-refractivity contribution in [3.8, 4) is 5.88 Å². The van der Waals surface area contributed by atoms with Gasteiger partial charge < -0.3 is 20.1 Å². The van der Waals surface area contributed by atoms with Gasteiger partial charge in [-0.2, -0.15) is 48.9 Å². The fraction of sp³-hybridized carbons (Fsp3) is 0.407. The third kappa shape index (κ3) is 12.6. The van der Waals surface area contributed by atoms with E-state index in [9.17, 15) is 47.9 Å². The monoisotopic (exact) mass is 782 g/mol. The van der Waals surface area contributed by atoms with Crippen molar-refractivity contribution in [1.29, 1.82) is 0 Å². The van der Waals surface area contributed by atoms with Gasteiger partial charge in [0.2, 0.25) is 15.9 Å². The number of hydrogen-bond acceptors (Lipinski definition) is 10. The number of alkyl halides is 9. The van der Waals surface area contributed by atoms with E-state index in [1.165, 1.54) is 4.31 Å². The molecule has 288 valence electrons. The van der Waals surface area contributed by atoms with Crippen molar-refractivity contribution in [3.05, 3.63) is 66.4 Å². The smallest absolute Gasteiger partial charge is 0.475 e. The van der Waals surface area contributed by atoms with Crippen molar-refractivity contribution in [2.75, 3.05) is 13.1 Å². The van der Waals surface area contributed by atoms with Crippen molar-refractivity contribution < 1.29 is 82.4 Å². The van der Waals surface area contributed by atoms with Gasteiger partial charge in [0.05, 0.1) is 24.5 Å². The Morgan fingerprint density at radius 1 is 0.827 bits per heavy atom. The van der Waals surface area contributed by atoms with E-state index >= 15 is 0 Å². The van der Waals surface area contributed by atoms with Gasteiger partial charge in [-0.1, -0.05) is 6.07 Å². The van der Waals surface area contributed by atoms with Crippen molar-refractivity contribution in [2.45, 2.75) is 62.1 Å². The molecule has 1 saturated heterocycles. The summed E-state index contributed by atoms with van der Waals surface area (Å²) in [4.78, 5) is 37.6. The van der Waals surface area contributed by atoms with Crippen molar-refractivity contribution in [1.82, 2.24) is 29.0 Å². The number of halogens is 9. The van der Waals surface area contributed by atoms with E-state index < -0.39 is 46.5 Å². The second-order valence-corrected chi connectivity index (χ2v) is 12.1. The van der Waals surface area contributed by atoms with Crippen molar-refractivity contribution >= 4 is 27.9 Å². The minimum absolute atomic E-state index is 0.108. The minimum atomic E-state index is -5.08. The van der Waals surface area contributed by atoms with Crippen LogP contribution in [0.25, 0.3) is 0 Å². The number of carbonyl (C=O) groups is 3. The topological polar surface area (TPSA) is 205 Å². The normalized spacial score (nSPS) is 18.3. The van der Waals surface area contributed by atoms with Gasteiger partial charge in [0.25, 0.3) is 0 Å². The first-order valence-corrected chi connectivity index (χ1v) is 15.5. The highest BCUT2D eigenvalue weighted by atomic mass is 32.2. The quantitative estimate of drug-likeness (QED) is 0.318. The van der Waals surface area contributed by atoms with Gasteiger partial charge in [0.1, 0.15) is 11.0 Å². The first-order chi connectivity index (χ1) is 23.9. The maximum Gasteiger partial charge on any atom is 0.490 e. The maximum atomic E-state index is 13.6. The van der Waals surface area contributed by atoms with E-state index in [1.807, 2.05) is 42.2 Å². The van der Waals surface area contributed by atoms with E-state index in [2.05, 4.69) is 20.0 Å². The lowest BCUT2D eigenvalue weighted by molar-refractivity contribution is -0.193. The average Bonchev–Trinajstić information content (AvgIpc) is 3.64. The summed E-state index contributed by atoms with van der Waals surface area (Å²) in [6, 6.07) is 8.36. The second kappa shape index (κ2) is 17.5. The first kappa shape index (κ1) is 43.1. The van der Waals surface area contributed by atoms with Gasteiger partial charge in [-0.25, -0.2) is 27.8 Å². The zero-order chi connectivity index (χ0) is 39.7. The summed E-state index contributed by atoms with van der Waals surface area (Å²) in [6.45, 7) is 4.89. The molecule has 2 aliphatic rings. The molecule has 0 aliphatic carbocycles. The number of nitrogens with zero attached hydrogens (tertiary/aromatic N) is 6. The van der Waals surface area contributed by atoms with E-state index in [1.54, 1.807) is 24.5 Å². The Morgan fingerprint density at radius 3 is 1.83 bits per heavy atom. The molecule has 52 heavy (non-hydrogen) atoms. The van der Waals surface area contributed by atoms with Crippen LogP contribution < -0.4 is 4.74 Å². The molecule has 0 bridgehead atoms. The molecular formula is C27H27F9N6O9S. The number of sulfonamides is 1. The zero-order valence-corrected chi connectivity index (χ0v) is 27.0. The average molecular weight is 783 g/mol. The Balaban J connectivity index is 0.000000365. The number of ether oxygens (including phenoxy) is 1. The van der Waals surface area contributed by atoms with Crippen LogP contribution >= 0.6 is 0 Å². The molecule has 0 saturated carbocycles. The minimum Gasteiger partial charge on any atom is -0.475 e. The highest BCUT2D eigenvalue weighted by molar-refractivity contribution is 7.89. The molecule has 25 heteroatoms. The summed E-state index contributed by atoms with van der Waals surface area (Å²) in [7, 11) is -3.81. The van der Waals surface area contributed by atoms with Crippen LogP contribution in [0.4, 0.5) is 39.5 Å². The molecule has 0 amide bonds. The number of rotatable bonds is 5. The third-order valence-corrected chi connectivity index (χ3v) is 8.34. The summed E-state index contributed by atoms with van der Waals surface area (Å²) in [5.74, 6) is -8.10. The van der Waals surface area contributed by atoms with E-state index in [0.29, 0.717) is 25.3 Å². The Kier molecular flexibility index (Phi) is 14.5. The van der Waals surface area contributed by atoms with E-state index in [4.69, 9.17) is 34.4 Å². The van der Waals surface area contributed by atoms with Gasteiger partial charge in [-0.05, 0) is 31.2 Å². The molecule has 2 atom stereocenters. The van der Waals surface area contributed by atoms with Crippen molar-refractivity contribution in [3.63, 3.8) is 0 Å². The molecule has 0 aromatic carbocycles. The fourth-order valence-electron chi connectivity index (χ4n) is 4.24. The van der Waals surface area contributed by atoms with Crippen LogP contribution in [0.5, 0.6) is 5.88 Å². The molecule has 2 unspecified atom stereocenters. The Bertz CT molecular complexity index is 1720. The highest BCUT2D eigenvalue weighted by Crippen LogP contribution is 2.36. The van der Waals surface area contributed by atoms with Gasteiger partial charge in [0, 0.05) is 50.3 Å². The predicted octanol–water partition coefficient (Wildman–Crippen LogP) is 3.43. The summed E-state index contributed by atoms with van der Waals surface area (Å²) in [5.41, 5.74) is 1.79. The number of carboxylic acids is 3. The number of aryl methyl sites for hydroxylation is 1. The molecular weight excluding hydrogens is 755 g/mol. The number of carboxylic acid groups (broad SMARTS) is 3. The number of aromatic nitrogens is 4. The van der Waals surface area contributed by atoms with E-state index in [0.717, 1.165) is 12.1 Å². The van der Waals surface area contributed by atoms with Crippen LogP contribution in [-0.2, 0) is 44.0 Å². The second-order valence-electron chi connectivity index (χ2n) is 10.2. The number of likely N-dealkylation sites (tertiary alicyclic amines) is 1. The predicted molar refractivity (Wildman–Crippen MR) is 154 cm³/mol. The van der Waals surface area contributed by atoms with Crippen LogP contribution in [0.15, 0.2) is 60.0 Å². The molecule has 15 nitrogen and oxygen atoms in total. The lowest BCUT2D eigenvalue weighted by atomic mass is 10.2. The molecule has 3 N–H and O–H groups in total. The Morgan fingerprint density at radius 2 is 1.37 bits per heavy atom. The summed E-state index contributed by atoms with van der Waals surface area (Å²) in [5, 5.41) is 25.7. The molecule has 3 aromatic rings.